The Kier molecular flexibility index (Phi) is 3.86. The third-order valence-electron chi connectivity index (χ3n) is 4.15. The smallest absolute Gasteiger partial charge is 0.253 e. The topological polar surface area (TPSA) is 58.6 Å². The van der Waals surface area contributed by atoms with Gasteiger partial charge in [-0.15, -0.1) is 0 Å². The fourth-order valence-corrected chi connectivity index (χ4v) is 2.90. The molecule has 2 aromatic carbocycles. The van der Waals surface area contributed by atoms with Crippen molar-refractivity contribution in [1.82, 2.24) is 0 Å². The Morgan fingerprint density at radius 1 is 1.18 bits per heavy atom. The molecule has 2 atom stereocenters. The Balaban J connectivity index is 2.00. The highest BCUT2D eigenvalue weighted by atomic mass is 16.5. The van der Waals surface area contributed by atoms with Gasteiger partial charge in [-0.2, -0.15) is 0 Å². The largest absolute Gasteiger partial charge is 0.497 e. The van der Waals surface area contributed by atoms with E-state index >= 15 is 0 Å². The molecular formula is C18H19NO3. The molecule has 0 aliphatic carbocycles. The Bertz CT molecular complexity index is 694. The van der Waals surface area contributed by atoms with E-state index in [1.54, 1.807) is 7.11 Å². The monoisotopic (exact) mass is 297 g/mol. The second kappa shape index (κ2) is 5.81. The lowest BCUT2D eigenvalue weighted by molar-refractivity contribution is -0.124. The minimum absolute atomic E-state index is 0.269. The van der Waals surface area contributed by atoms with E-state index in [1.807, 2.05) is 43.3 Å². The molecule has 1 aliphatic rings. The van der Waals surface area contributed by atoms with E-state index in [-0.39, 0.29) is 11.8 Å². The van der Waals surface area contributed by atoms with Crippen molar-refractivity contribution in [3.8, 4) is 5.75 Å². The molecule has 4 heteroatoms. The van der Waals surface area contributed by atoms with Gasteiger partial charge in [-0.1, -0.05) is 29.8 Å². The molecule has 0 saturated heterocycles. The second-order valence-electron chi connectivity index (χ2n) is 5.68. The molecule has 1 heterocycles. The van der Waals surface area contributed by atoms with Crippen molar-refractivity contribution in [2.45, 2.75) is 25.4 Å². The first-order valence-electron chi connectivity index (χ1n) is 7.31. The van der Waals surface area contributed by atoms with Gasteiger partial charge in [0.05, 0.1) is 7.11 Å². The van der Waals surface area contributed by atoms with Crippen molar-refractivity contribution in [2.75, 3.05) is 12.4 Å². The molecule has 0 bridgehead atoms. The number of nitrogens with one attached hydrogen (secondary N) is 1. The molecule has 2 unspecified atom stereocenters. The van der Waals surface area contributed by atoms with Gasteiger partial charge in [-0.25, -0.2) is 0 Å². The molecule has 0 spiro atoms. The summed E-state index contributed by atoms with van der Waals surface area (Å²) in [5, 5.41) is 13.2. The van der Waals surface area contributed by atoms with E-state index in [0.29, 0.717) is 6.42 Å². The van der Waals surface area contributed by atoms with E-state index < -0.39 is 6.10 Å². The van der Waals surface area contributed by atoms with E-state index in [9.17, 15) is 9.90 Å². The molecule has 114 valence electrons. The van der Waals surface area contributed by atoms with Crippen LogP contribution in [0.15, 0.2) is 42.5 Å². The lowest BCUT2D eigenvalue weighted by Gasteiger charge is -2.19. The van der Waals surface area contributed by atoms with Crippen LogP contribution in [0.2, 0.25) is 0 Å². The molecule has 22 heavy (non-hydrogen) atoms. The number of aliphatic hydroxyl groups excluding tert-OH is 1. The SMILES string of the molecule is COc1ccc(C2Cc3cc(C)ccc3NC(=O)C2O)cc1. The van der Waals surface area contributed by atoms with Gasteiger partial charge in [0.2, 0.25) is 0 Å². The van der Waals surface area contributed by atoms with Crippen LogP contribution in [-0.4, -0.2) is 24.2 Å². The van der Waals surface area contributed by atoms with Gasteiger partial charge >= 0.3 is 0 Å². The van der Waals surface area contributed by atoms with Gasteiger partial charge in [0.25, 0.3) is 5.91 Å². The van der Waals surface area contributed by atoms with Crippen LogP contribution in [0.25, 0.3) is 0 Å². The number of methoxy groups -OCH3 is 1. The first-order valence-corrected chi connectivity index (χ1v) is 7.31. The van der Waals surface area contributed by atoms with Crippen LogP contribution < -0.4 is 10.1 Å². The van der Waals surface area contributed by atoms with Gasteiger partial charge in [-0.05, 0) is 42.7 Å². The summed E-state index contributed by atoms with van der Waals surface area (Å²) in [7, 11) is 1.61. The fraction of sp³-hybridized carbons (Fsp3) is 0.278. The second-order valence-corrected chi connectivity index (χ2v) is 5.68. The first-order chi connectivity index (χ1) is 10.6. The van der Waals surface area contributed by atoms with Crippen LogP contribution in [0.4, 0.5) is 5.69 Å². The molecule has 2 N–H and O–H groups in total. The van der Waals surface area contributed by atoms with Crippen molar-refractivity contribution in [3.05, 3.63) is 59.2 Å². The molecule has 0 fully saturated rings. The van der Waals surface area contributed by atoms with Crippen LogP contribution in [-0.2, 0) is 11.2 Å². The Morgan fingerprint density at radius 2 is 1.91 bits per heavy atom. The number of hydrogen-bond acceptors (Lipinski definition) is 3. The average molecular weight is 297 g/mol. The number of fused-ring (bicyclic) bond motifs is 1. The number of amides is 1. The zero-order valence-electron chi connectivity index (χ0n) is 12.7. The Labute approximate surface area is 129 Å². The molecule has 1 amide bonds. The first kappa shape index (κ1) is 14.6. The minimum Gasteiger partial charge on any atom is -0.497 e. The van der Waals surface area contributed by atoms with Crippen LogP contribution in [0, 0.1) is 6.92 Å². The third kappa shape index (κ3) is 2.70. The minimum atomic E-state index is -1.07. The van der Waals surface area contributed by atoms with Gasteiger partial charge in [0.1, 0.15) is 11.9 Å². The summed E-state index contributed by atoms with van der Waals surface area (Å²) >= 11 is 0. The highest BCUT2D eigenvalue weighted by Gasteiger charge is 2.31. The fourth-order valence-electron chi connectivity index (χ4n) is 2.90. The number of benzene rings is 2. The van der Waals surface area contributed by atoms with Gasteiger partial charge in [-0.3, -0.25) is 4.79 Å². The average Bonchev–Trinajstić information content (AvgIpc) is 2.65. The highest BCUT2D eigenvalue weighted by molar-refractivity contribution is 5.96. The number of aryl methyl sites for hydroxylation is 1. The summed E-state index contributed by atoms with van der Waals surface area (Å²) < 4.78 is 5.16. The van der Waals surface area contributed by atoms with Crippen molar-refractivity contribution in [1.29, 1.82) is 0 Å². The zero-order chi connectivity index (χ0) is 15.7. The quantitative estimate of drug-likeness (QED) is 0.896. The summed E-state index contributed by atoms with van der Waals surface area (Å²) in [6, 6.07) is 13.4. The normalized spacial score (nSPS) is 20.8. The summed E-state index contributed by atoms with van der Waals surface area (Å²) in [4.78, 5) is 12.2. The summed E-state index contributed by atoms with van der Waals surface area (Å²) in [5.74, 6) is 0.130. The van der Waals surface area contributed by atoms with Gasteiger partial charge < -0.3 is 15.2 Å². The van der Waals surface area contributed by atoms with Crippen molar-refractivity contribution < 1.29 is 14.6 Å². The lowest BCUT2D eigenvalue weighted by atomic mass is 9.87. The molecule has 0 radical (unpaired) electrons. The number of carbonyl (C=O) groups is 1. The van der Waals surface area contributed by atoms with Crippen LogP contribution in [0.3, 0.4) is 0 Å². The van der Waals surface area contributed by atoms with Crippen molar-refractivity contribution >= 4 is 11.6 Å². The van der Waals surface area contributed by atoms with Crippen LogP contribution in [0.5, 0.6) is 5.75 Å². The predicted molar refractivity (Wildman–Crippen MR) is 85.3 cm³/mol. The van der Waals surface area contributed by atoms with E-state index in [1.165, 1.54) is 0 Å². The standard InChI is InChI=1S/C18H19NO3/c1-11-3-8-16-13(9-11)10-15(17(20)18(21)19-16)12-4-6-14(22-2)7-5-12/h3-9,15,17,20H,10H2,1-2H3,(H,19,21). The molecule has 0 aromatic heterocycles. The number of rotatable bonds is 2. The maximum absolute atomic E-state index is 12.2. The molecule has 4 nitrogen and oxygen atoms in total. The van der Waals surface area contributed by atoms with E-state index in [4.69, 9.17) is 4.74 Å². The van der Waals surface area contributed by atoms with Gasteiger partial charge in [0.15, 0.2) is 0 Å². The number of hydrogen-bond donors (Lipinski definition) is 2. The van der Waals surface area contributed by atoms with E-state index in [2.05, 4.69) is 11.4 Å². The molecule has 3 rings (SSSR count). The summed E-state index contributed by atoms with van der Waals surface area (Å²) in [6.07, 6.45) is -0.454. The summed E-state index contributed by atoms with van der Waals surface area (Å²) in [5.41, 5.74) is 3.90. The predicted octanol–water partition coefficient (Wildman–Crippen LogP) is 2.64. The Hall–Kier alpha value is -2.33. The highest BCUT2D eigenvalue weighted by Crippen LogP contribution is 2.33. The van der Waals surface area contributed by atoms with Gasteiger partial charge in [0, 0.05) is 11.6 Å². The maximum atomic E-state index is 12.2. The number of ether oxygens (including phenoxy) is 1. The molecule has 1 aliphatic heterocycles. The van der Waals surface area contributed by atoms with Crippen LogP contribution in [0.1, 0.15) is 22.6 Å². The van der Waals surface area contributed by atoms with Crippen molar-refractivity contribution in [3.63, 3.8) is 0 Å². The van der Waals surface area contributed by atoms with Crippen LogP contribution >= 0.6 is 0 Å². The molecular weight excluding hydrogens is 278 g/mol. The van der Waals surface area contributed by atoms with E-state index in [0.717, 1.165) is 28.1 Å². The maximum Gasteiger partial charge on any atom is 0.253 e. The summed E-state index contributed by atoms with van der Waals surface area (Å²) in [6.45, 7) is 2.02. The number of anilines is 1. The number of carbonyl (C=O) groups excluding carboxylic acids is 1. The third-order valence-corrected chi connectivity index (χ3v) is 4.15. The molecule has 2 aromatic rings. The number of aliphatic hydroxyl groups is 1. The van der Waals surface area contributed by atoms with Crippen molar-refractivity contribution in [2.24, 2.45) is 0 Å². The molecule has 0 saturated carbocycles. The Morgan fingerprint density at radius 3 is 2.59 bits per heavy atom. The lowest BCUT2D eigenvalue weighted by Crippen LogP contribution is -2.31. The zero-order valence-corrected chi connectivity index (χ0v) is 12.7.